The molecule has 0 fully saturated rings. The molecule has 8 heteroatoms. The Morgan fingerprint density at radius 1 is 1.17 bits per heavy atom. The zero-order valence-electron chi connectivity index (χ0n) is 5.54. The zero-order valence-corrected chi connectivity index (χ0v) is 6.43. The standard InChI is InChI=1S/C4H5O7P/c5-3(6)1-2(4(7)8)12(9,10)11/h1H,(H,5,6)(H,7,8)(H2,9,10,11)/b2-1+. The number of rotatable bonds is 3. The minimum atomic E-state index is -5.01. The maximum absolute atomic E-state index is 10.3. The third-order valence-corrected chi connectivity index (χ3v) is 1.74. The summed E-state index contributed by atoms with van der Waals surface area (Å²) in [6.45, 7) is 0. The lowest BCUT2D eigenvalue weighted by molar-refractivity contribution is -0.134. The molecule has 12 heavy (non-hydrogen) atoms. The highest BCUT2D eigenvalue weighted by atomic mass is 31.2. The summed E-state index contributed by atoms with van der Waals surface area (Å²) >= 11 is 0. The van der Waals surface area contributed by atoms with E-state index in [2.05, 4.69) is 0 Å². The summed E-state index contributed by atoms with van der Waals surface area (Å²) in [4.78, 5) is 36.5. The average Bonchev–Trinajstić information content (AvgIpc) is 1.79. The lowest BCUT2D eigenvalue weighted by Gasteiger charge is -2.01. The first kappa shape index (κ1) is 10.8. The molecule has 0 heterocycles. The van der Waals surface area contributed by atoms with E-state index in [4.69, 9.17) is 20.0 Å². The summed E-state index contributed by atoms with van der Waals surface area (Å²) in [6.07, 6.45) is -0.0386. The number of carbonyl (C=O) groups is 2. The molecule has 0 aromatic rings. The Hall–Kier alpha value is -1.17. The van der Waals surface area contributed by atoms with Gasteiger partial charge in [0.25, 0.3) is 0 Å². The topological polar surface area (TPSA) is 132 Å². The van der Waals surface area contributed by atoms with Crippen molar-refractivity contribution in [1.82, 2.24) is 0 Å². The van der Waals surface area contributed by atoms with E-state index in [0.29, 0.717) is 0 Å². The predicted octanol–water partition coefficient (Wildman–Crippen LogP) is -0.783. The minimum Gasteiger partial charge on any atom is -0.478 e. The largest absolute Gasteiger partial charge is 0.478 e. The summed E-state index contributed by atoms with van der Waals surface area (Å²) in [5, 5.41) is 14.7. The Morgan fingerprint density at radius 2 is 1.58 bits per heavy atom. The van der Waals surface area contributed by atoms with E-state index in [1.807, 2.05) is 0 Å². The van der Waals surface area contributed by atoms with Crippen molar-refractivity contribution in [3.8, 4) is 0 Å². The number of carboxylic acids is 2. The van der Waals surface area contributed by atoms with Crippen LogP contribution in [0.3, 0.4) is 0 Å². The van der Waals surface area contributed by atoms with Gasteiger partial charge in [-0.2, -0.15) is 0 Å². The fourth-order valence-corrected chi connectivity index (χ4v) is 0.915. The molecule has 0 atom stereocenters. The van der Waals surface area contributed by atoms with Crippen molar-refractivity contribution in [3.63, 3.8) is 0 Å². The molecular formula is C4H5O7P. The van der Waals surface area contributed by atoms with Gasteiger partial charge >= 0.3 is 19.5 Å². The van der Waals surface area contributed by atoms with Crippen LogP contribution in [0.15, 0.2) is 11.4 Å². The summed E-state index contributed by atoms with van der Waals surface area (Å²) in [5.74, 6) is -3.68. The van der Waals surface area contributed by atoms with Gasteiger partial charge in [0, 0.05) is 6.08 Å². The van der Waals surface area contributed by atoms with E-state index >= 15 is 0 Å². The van der Waals surface area contributed by atoms with Crippen molar-refractivity contribution in [2.24, 2.45) is 0 Å². The molecular weight excluding hydrogens is 191 g/mol. The third-order valence-electron chi connectivity index (χ3n) is 0.793. The Labute approximate surface area is 66.1 Å². The molecule has 0 saturated carbocycles. The number of aliphatic carboxylic acids is 2. The predicted molar refractivity (Wildman–Crippen MR) is 35.4 cm³/mol. The molecule has 0 aliphatic rings. The molecule has 68 valence electrons. The first-order valence-corrected chi connectivity index (χ1v) is 4.10. The van der Waals surface area contributed by atoms with Gasteiger partial charge < -0.3 is 20.0 Å². The molecule has 0 radical (unpaired) electrons. The van der Waals surface area contributed by atoms with Crippen LogP contribution in [0.1, 0.15) is 0 Å². The van der Waals surface area contributed by atoms with Gasteiger partial charge in [-0.15, -0.1) is 0 Å². The van der Waals surface area contributed by atoms with Gasteiger partial charge in [-0.3, -0.25) is 4.57 Å². The van der Waals surface area contributed by atoms with E-state index in [9.17, 15) is 14.2 Å². The average molecular weight is 196 g/mol. The SMILES string of the molecule is O=C(O)/C=C(\C(=O)O)P(=O)(O)O. The van der Waals surface area contributed by atoms with Crippen molar-refractivity contribution in [1.29, 1.82) is 0 Å². The zero-order chi connectivity index (χ0) is 9.94. The minimum absolute atomic E-state index is 0.0386. The smallest absolute Gasteiger partial charge is 0.363 e. The van der Waals surface area contributed by atoms with Gasteiger partial charge in [-0.25, -0.2) is 9.59 Å². The van der Waals surface area contributed by atoms with Crippen molar-refractivity contribution in [3.05, 3.63) is 11.4 Å². The Morgan fingerprint density at radius 3 is 1.67 bits per heavy atom. The number of hydrogen-bond acceptors (Lipinski definition) is 3. The van der Waals surface area contributed by atoms with Gasteiger partial charge in [-0.05, 0) is 0 Å². The number of carboxylic acid groups (broad SMARTS) is 2. The summed E-state index contributed by atoms with van der Waals surface area (Å²) in [7, 11) is -5.01. The van der Waals surface area contributed by atoms with E-state index < -0.39 is 24.8 Å². The lowest BCUT2D eigenvalue weighted by atomic mass is 10.5. The Kier molecular flexibility index (Phi) is 3.15. The van der Waals surface area contributed by atoms with Crippen LogP contribution in [0.25, 0.3) is 0 Å². The first-order chi connectivity index (χ1) is 5.25. The second kappa shape index (κ2) is 3.48. The fourth-order valence-electron chi connectivity index (χ4n) is 0.387. The highest BCUT2D eigenvalue weighted by molar-refractivity contribution is 7.58. The number of hydrogen-bond donors (Lipinski definition) is 4. The van der Waals surface area contributed by atoms with Crippen LogP contribution >= 0.6 is 7.60 Å². The van der Waals surface area contributed by atoms with Crippen molar-refractivity contribution < 1.29 is 34.2 Å². The van der Waals surface area contributed by atoms with Gasteiger partial charge in [0.1, 0.15) is 0 Å². The van der Waals surface area contributed by atoms with Crippen LogP contribution in [-0.2, 0) is 14.2 Å². The summed E-state index contributed by atoms with van der Waals surface area (Å²) in [5.41, 5.74) is 0. The normalized spacial score (nSPS) is 12.7. The Balaban J connectivity index is 5.08. The van der Waals surface area contributed by atoms with Crippen LogP contribution < -0.4 is 0 Å². The second-order valence-electron chi connectivity index (χ2n) is 1.72. The summed E-state index contributed by atoms with van der Waals surface area (Å²) in [6, 6.07) is 0. The van der Waals surface area contributed by atoms with Crippen molar-refractivity contribution in [2.75, 3.05) is 0 Å². The lowest BCUT2D eigenvalue weighted by Crippen LogP contribution is -2.04. The van der Waals surface area contributed by atoms with Crippen LogP contribution in [-0.4, -0.2) is 31.9 Å². The molecule has 0 saturated heterocycles. The molecule has 0 aromatic heterocycles. The van der Waals surface area contributed by atoms with Gasteiger partial charge in [0.05, 0.1) is 0 Å². The van der Waals surface area contributed by atoms with Gasteiger partial charge in [0.15, 0.2) is 5.31 Å². The van der Waals surface area contributed by atoms with Gasteiger partial charge in [-0.1, -0.05) is 0 Å². The molecule has 4 N–H and O–H groups in total. The van der Waals surface area contributed by atoms with E-state index in [1.165, 1.54) is 0 Å². The molecule has 0 spiro atoms. The highest BCUT2D eigenvalue weighted by Gasteiger charge is 2.28. The Bertz CT molecular complexity index is 284. The molecule has 0 aliphatic carbocycles. The second-order valence-corrected chi connectivity index (χ2v) is 3.29. The molecule has 0 aliphatic heterocycles. The maximum atomic E-state index is 10.3. The van der Waals surface area contributed by atoms with E-state index in [-0.39, 0.29) is 6.08 Å². The highest BCUT2D eigenvalue weighted by Crippen LogP contribution is 2.44. The maximum Gasteiger partial charge on any atom is 0.363 e. The first-order valence-electron chi connectivity index (χ1n) is 2.49. The monoisotopic (exact) mass is 196 g/mol. The molecule has 0 unspecified atom stereocenters. The van der Waals surface area contributed by atoms with E-state index in [0.717, 1.165) is 0 Å². The molecule has 0 rings (SSSR count). The van der Waals surface area contributed by atoms with Crippen LogP contribution in [0, 0.1) is 0 Å². The molecule has 0 amide bonds. The quantitative estimate of drug-likeness (QED) is 0.343. The molecule has 0 bridgehead atoms. The summed E-state index contributed by atoms with van der Waals surface area (Å²) < 4.78 is 10.3. The van der Waals surface area contributed by atoms with Crippen molar-refractivity contribution in [2.45, 2.75) is 0 Å². The van der Waals surface area contributed by atoms with Crippen molar-refractivity contribution >= 4 is 19.5 Å². The van der Waals surface area contributed by atoms with Gasteiger partial charge in [0.2, 0.25) is 0 Å². The molecule has 7 nitrogen and oxygen atoms in total. The van der Waals surface area contributed by atoms with Crippen LogP contribution in [0.2, 0.25) is 0 Å². The third kappa shape index (κ3) is 3.29. The van der Waals surface area contributed by atoms with Crippen LogP contribution in [0.4, 0.5) is 0 Å². The van der Waals surface area contributed by atoms with Crippen LogP contribution in [0.5, 0.6) is 0 Å². The fraction of sp³-hybridized carbons (Fsp3) is 0. The van der Waals surface area contributed by atoms with E-state index in [1.54, 1.807) is 0 Å². The molecule has 0 aromatic carbocycles.